The molecule has 0 saturated heterocycles. The molecule has 1 aromatic heterocycles. The van der Waals surface area contributed by atoms with Crippen molar-refractivity contribution in [3.8, 4) is 11.5 Å². The Balaban J connectivity index is 1.20. The molecule has 7 nitrogen and oxygen atoms in total. The van der Waals surface area contributed by atoms with Gasteiger partial charge in [-0.25, -0.2) is 4.98 Å². The molecule has 0 bridgehead atoms. The summed E-state index contributed by atoms with van der Waals surface area (Å²) in [6.07, 6.45) is 0.524. The molecule has 1 aliphatic heterocycles. The number of aromatic nitrogens is 1. The second-order valence-corrected chi connectivity index (χ2v) is 8.11. The van der Waals surface area contributed by atoms with Crippen LogP contribution < -0.4 is 5.32 Å². The standard InChI is InChI=1S/C25H18ClN3O4/c26-16-6-3-5-15(13-16)23-28-20-11-10-17(14-21(20)33-23)27-22(30)9-4-12-29-24(31)18-7-1-2-8-19(18)25(29)32/h1-3,5-8,10-11,13-14H,4,9,12H2,(H,27,30). The van der Waals surface area contributed by atoms with E-state index in [0.29, 0.717) is 45.2 Å². The van der Waals surface area contributed by atoms with Crippen molar-refractivity contribution in [1.29, 1.82) is 0 Å². The van der Waals surface area contributed by atoms with Crippen molar-refractivity contribution in [1.82, 2.24) is 9.88 Å². The fourth-order valence-electron chi connectivity index (χ4n) is 3.81. The molecule has 3 amide bonds. The van der Waals surface area contributed by atoms with Gasteiger partial charge in [0.15, 0.2) is 5.58 Å². The number of hydrogen-bond acceptors (Lipinski definition) is 5. The molecule has 3 aromatic carbocycles. The van der Waals surface area contributed by atoms with Gasteiger partial charge in [0.1, 0.15) is 5.52 Å². The van der Waals surface area contributed by atoms with Crippen molar-refractivity contribution in [2.75, 3.05) is 11.9 Å². The van der Waals surface area contributed by atoms with Gasteiger partial charge < -0.3 is 9.73 Å². The minimum Gasteiger partial charge on any atom is -0.436 e. The molecule has 4 aromatic rings. The summed E-state index contributed by atoms with van der Waals surface area (Å²) in [5.74, 6) is -0.415. The van der Waals surface area contributed by atoms with Crippen molar-refractivity contribution in [3.05, 3.63) is 82.9 Å². The number of imide groups is 1. The van der Waals surface area contributed by atoms with Gasteiger partial charge in [-0.15, -0.1) is 0 Å². The Bertz CT molecular complexity index is 1380. The number of hydrogen-bond donors (Lipinski definition) is 1. The SMILES string of the molecule is O=C(CCCN1C(=O)c2ccccc2C1=O)Nc1ccc2nc(-c3cccc(Cl)c3)oc2c1. The highest BCUT2D eigenvalue weighted by atomic mass is 35.5. The molecule has 1 N–H and O–H groups in total. The lowest BCUT2D eigenvalue weighted by Gasteiger charge is -2.13. The summed E-state index contributed by atoms with van der Waals surface area (Å²) in [5, 5.41) is 3.41. The molecule has 33 heavy (non-hydrogen) atoms. The van der Waals surface area contributed by atoms with Gasteiger partial charge in [0, 0.05) is 35.3 Å². The molecular weight excluding hydrogens is 442 g/mol. The third-order valence-electron chi connectivity index (χ3n) is 5.41. The second-order valence-electron chi connectivity index (χ2n) is 7.67. The topological polar surface area (TPSA) is 92.5 Å². The number of amides is 3. The number of nitrogens with one attached hydrogen (secondary N) is 1. The predicted molar refractivity (Wildman–Crippen MR) is 124 cm³/mol. The van der Waals surface area contributed by atoms with Crippen LogP contribution >= 0.6 is 11.6 Å². The van der Waals surface area contributed by atoms with E-state index >= 15 is 0 Å². The number of nitrogens with zero attached hydrogens (tertiary/aromatic N) is 2. The van der Waals surface area contributed by atoms with Gasteiger partial charge in [-0.3, -0.25) is 19.3 Å². The van der Waals surface area contributed by atoms with E-state index in [9.17, 15) is 14.4 Å². The normalized spacial score (nSPS) is 12.9. The van der Waals surface area contributed by atoms with Crippen molar-refractivity contribution < 1.29 is 18.8 Å². The Labute approximate surface area is 194 Å². The zero-order valence-corrected chi connectivity index (χ0v) is 18.1. The number of rotatable bonds is 6. The van der Waals surface area contributed by atoms with E-state index < -0.39 is 0 Å². The highest BCUT2D eigenvalue weighted by Crippen LogP contribution is 2.28. The molecule has 0 saturated carbocycles. The first-order valence-electron chi connectivity index (χ1n) is 10.4. The van der Waals surface area contributed by atoms with Gasteiger partial charge >= 0.3 is 0 Å². The van der Waals surface area contributed by atoms with Crippen molar-refractivity contribution >= 4 is 46.1 Å². The maximum absolute atomic E-state index is 12.4. The van der Waals surface area contributed by atoms with Gasteiger partial charge in [-0.2, -0.15) is 0 Å². The number of oxazole rings is 1. The fourth-order valence-corrected chi connectivity index (χ4v) is 4.00. The van der Waals surface area contributed by atoms with E-state index in [-0.39, 0.29) is 30.7 Å². The Morgan fingerprint density at radius 3 is 2.45 bits per heavy atom. The molecule has 0 fully saturated rings. The molecule has 8 heteroatoms. The molecule has 164 valence electrons. The average molecular weight is 460 g/mol. The van der Waals surface area contributed by atoms with Crippen LogP contribution in [0.3, 0.4) is 0 Å². The Kier molecular flexibility index (Phi) is 5.40. The number of carbonyl (C=O) groups is 3. The first kappa shape index (κ1) is 20.9. The number of carbonyl (C=O) groups excluding carboxylic acids is 3. The lowest BCUT2D eigenvalue weighted by atomic mass is 10.1. The number of fused-ring (bicyclic) bond motifs is 2. The van der Waals surface area contributed by atoms with Gasteiger partial charge in [-0.1, -0.05) is 29.8 Å². The van der Waals surface area contributed by atoms with Crippen LogP contribution in [0.4, 0.5) is 5.69 Å². The zero-order valence-electron chi connectivity index (χ0n) is 17.4. The number of anilines is 1. The summed E-state index contributed by atoms with van der Waals surface area (Å²) < 4.78 is 5.83. The lowest BCUT2D eigenvalue weighted by molar-refractivity contribution is -0.116. The molecule has 0 aliphatic carbocycles. The molecule has 0 spiro atoms. The minimum atomic E-state index is -0.317. The van der Waals surface area contributed by atoms with Crippen molar-refractivity contribution in [2.24, 2.45) is 0 Å². The van der Waals surface area contributed by atoms with Crippen molar-refractivity contribution in [3.63, 3.8) is 0 Å². The monoisotopic (exact) mass is 459 g/mol. The lowest BCUT2D eigenvalue weighted by Crippen LogP contribution is -2.31. The average Bonchev–Trinajstić information content (AvgIpc) is 3.34. The third-order valence-corrected chi connectivity index (χ3v) is 5.64. The molecule has 0 atom stereocenters. The summed E-state index contributed by atoms with van der Waals surface area (Å²) >= 11 is 6.04. The first-order valence-corrected chi connectivity index (χ1v) is 10.8. The largest absolute Gasteiger partial charge is 0.436 e. The van der Waals surface area contributed by atoms with Gasteiger partial charge in [-0.05, 0) is 48.9 Å². The van der Waals surface area contributed by atoms with Gasteiger partial charge in [0.2, 0.25) is 11.8 Å². The fraction of sp³-hybridized carbons (Fsp3) is 0.120. The summed E-state index contributed by atoms with van der Waals surface area (Å²) in [7, 11) is 0. The van der Waals surface area contributed by atoms with E-state index in [2.05, 4.69) is 10.3 Å². The van der Waals surface area contributed by atoms with Crippen LogP contribution in [0.2, 0.25) is 5.02 Å². The zero-order chi connectivity index (χ0) is 22.9. The van der Waals surface area contributed by atoms with Gasteiger partial charge in [0.05, 0.1) is 11.1 Å². The van der Waals surface area contributed by atoms with E-state index in [1.807, 2.05) is 12.1 Å². The highest BCUT2D eigenvalue weighted by Gasteiger charge is 2.34. The van der Waals surface area contributed by atoms with Crippen LogP contribution in [0.25, 0.3) is 22.6 Å². The molecule has 5 rings (SSSR count). The summed E-state index contributed by atoms with van der Waals surface area (Å²) in [6, 6.07) is 19.2. The molecule has 2 heterocycles. The Hall–Kier alpha value is -3.97. The highest BCUT2D eigenvalue weighted by molar-refractivity contribution is 6.30. The molecular formula is C25H18ClN3O4. The van der Waals surface area contributed by atoms with Crippen LogP contribution in [-0.2, 0) is 4.79 Å². The Morgan fingerprint density at radius 1 is 0.970 bits per heavy atom. The maximum Gasteiger partial charge on any atom is 0.261 e. The summed E-state index contributed by atoms with van der Waals surface area (Å²) in [5.41, 5.74) is 3.34. The van der Waals surface area contributed by atoms with E-state index in [1.54, 1.807) is 54.6 Å². The van der Waals surface area contributed by atoms with Crippen LogP contribution in [0, 0.1) is 0 Å². The van der Waals surface area contributed by atoms with Crippen LogP contribution in [-0.4, -0.2) is 34.2 Å². The molecule has 0 radical (unpaired) electrons. The summed E-state index contributed by atoms with van der Waals surface area (Å²) in [4.78, 5) is 42.9. The number of benzene rings is 3. The van der Waals surface area contributed by atoms with Crippen LogP contribution in [0.1, 0.15) is 33.6 Å². The number of halogens is 1. The van der Waals surface area contributed by atoms with Crippen LogP contribution in [0.15, 0.2) is 71.1 Å². The van der Waals surface area contributed by atoms with E-state index in [0.717, 1.165) is 5.56 Å². The maximum atomic E-state index is 12.4. The van der Waals surface area contributed by atoms with Crippen LogP contribution in [0.5, 0.6) is 0 Å². The van der Waals surface area contributed by atoms with Gasteiger partial charge in [0.25, 0.3) is 11.8 Å². The van der Waals surface area contributed by atoms with E-state index in [1.165, 1.54) is 4.90 Å². The predicted octanol–water partition coefficient (Wildman–Crippen LogP) is 5.16. The smallest absolute Gasteiger partial charge is 0.261 e. The second kappa shape index (κ2) is 8.52. The quantitative estimate of drug-likeness (QED) is 0.402. The first-order chi connectivity index (χ1) is 16.0. The Morgan fingerprint density at radius 2 is 1.73 bits per heavy atom. The minimum absolute atomic E-state index is 0.162. The summed E-state index contributed by atoms with van der Waals surface area (Å²) in [6.45, 7) is 0.184. The molecule has 1 aliphatic rings. The molecule has 0 unspecified atom stereocenters. The van der Waals surface area contributed by atoms with Crippen molar-refractivity contribution in [2.45, 2.75) is 12.8 Å². The third kappa shape index (κ3) is 4.10. The van der Waals surface area contributed by atoms with E-state index in [4.69, 9.17) is 16.0 Å².